The van der Waals surface area contributed by atoms with Gasteiger partial charge < -0.3 is 9.80 Å². The second kappa shape index (κ2) is 8.00. The first-order valence-corrected chi connectivity index (χ1v) is 9.75. The molecule has 0 unspecified atom stereocenters. The van der Waals surface area contributed by atoms with Gasteiger partial charge in [0.25, 0.3) is 11.6 Å². The van der Waals surface area contributed by atoms with Crippen molar-refractivity contribution < 1.29 is 9.72 Å². The van der Waals surface area contributed by atoms with E-state index in [0.717, 1.165) is 4.47 Å². The van der Waals surface area contributed by atoms with E-state index in [1.807, 2.05) is 17.0 Å². The Morgan fingerprint density at radius 1 is 1.03 bits per heavy atom. The number of hydrogen-bond donors (Lipinski definition) is 0. The number of benzene rings is 2. The van der Waals surface area contributed by atoms with Crippen LogP contribution in [0.5, 0.6) is 0 Å². The zero-order chi connectivity index (χ0) is 20.4. The van der Waals surface area contributed by atoms with E-state index in [9.17, 15) is 14.9 Å². The van der Waals surface area contributed by atoms with Crippen molar-refractivity contribution in [1.82, 2.24) is 19.7 Å². The van der Waals surface area contributed by atoms with Crippen LogP contribution in [0.3, 0.4) is 0 Å². The number of rotatable bonds is 4. The van der Waals surface area contributed by atoms with Crippen molar-refractivity contribution in [2.24, 2.45) is 0 Å². The maximum atomic E-state index is 12.7. The molecule has 3 aromatic rings. The van der Waals surface area contributed by atoms with Crippen LogP contribution in [0.1, 0.15) is 10.4 Å². The van der Waals surface area contributed by atoms with Crippen LogP contribution < -0.4 is 4.90 Å². The first kappa shape index (κ1) is 19.1. The van der Waals surface area contributed by atoms with Crippen molar-refractivity contribution >= 4 is 33.2 Å². The standard InChI is InChI=1S/C19H17BrN6O3/c20-15-3-1-2-14(10-15)19(27)24-8-6-23(7-9-24)17-5-4-16(11-18(17)26(28)29)25-12-21-22-13-25/h1-5,10-13H,6-9H2. The topological polar surface area (TPSA) is 97.4 Å². The second-order valence-electron chi connectivity index (χ2n) is 6.59. The van der Waals surface area contributed by atoms with E-state index >= 15 is 0 Å². The van der Waals surface area contributed by atoms with Gasteiger partial charge in [-0.05, 0) is 30.3 Å². The summed E-state index contributed by atoms with van der Waals surface area (Å²) in [6.45, 7) is 2.03. The number of carbonyl (C=O) groups is 1. The molecule has 0 N–H and O–H groups in total. The van der Waals surface area contributed by atoms with Gasteiger partial charge in [-0.3, -0.25) is 19.5 Å². The zero-order valence-corrected chi connectivity index (χ0v) is 16.9. The molecular weight excluding hydrogens is 440 g/mol. The number of nitro groups is 1. The number of piperazine rings is 1. The molecule has 0 bridgehead atoms. The van der Waals surface area contributed by atoms with Gasteiger partial charge in [-0.25, -0.2) is 0 Å². The van der Waals surface area contributed by atoms with Gasteiger partial charge in [0.2, 0.25) is 0 Å². The molecule has 0 saturated carbocycles. The molecule has 0 radical (unpaired) electrons. The predicted octanol–water partition coefficient (Wildman–Crippen LogP) is 2.90. The van der Waals surface area contributed by atoms with Crippen LogP contribution in [0.4, 0.5) is 11.4 Å². The molecule has 1 aliphatic rings. The molecule has 0 spiro atoms. The molecule has 10 heteroatoms. The zero-order valence-electron chi connectivity index (χ0n) is 15.3. The van der Waals surface area contributed by atoms with Gasteiger partial charge in [-0.15, -0.1) is 10.2 Å². The van der Waals surface area contributed by atoms with Gasteiger partial charge in [0.15, 0.2) is 0 Å². The largest absolute Gasteiger partial charge is 0.362 e. The van der Waals surface area contributed by atoms with Gasteiger partial charge in [0, 0.05) is 42.3 Å². The summed E-state index contributed by atoms with van der Waals surface area (Å²) in [7, 11) is 0. The summed E-state index contributed by atoms with van der Waals surface area (Å²) in [6.07, 6.45) is 2.98. The fourth-order valence-electron chi connectivity index (χ4n) is 3.37. The minimum absolute atomic E-state index is 0.0166. The lowest BCUT2D eigenvalue weighted by Crippen LogP contribution is -2.49. The lowest BCUT2D eigenvalue weighted by atomic mass is 10.1. The van der Waals surface area contributed by atoms with Crippen molar-refractivity contribution in [3.63, 3.8) is 0 Å². The van der Waals surface area contributed by atoms with Gasteiger partial charge >= 0.3 is 0 Å². The minimum Gasteiger partial charge on any atom is -0.362 e. The molecule has 1 saturated heterocycles. The third-order valence-electron chi connectivity index (χ3n) is 4.85. The van der Waals surface area contributed by atoms with Gasteiger partial charge in [-0.2, -0.15) is 0 Å². The molecule has 2 aromatic carbocycles. The summed E-state index contributed by atoms with van der Waals surface area (Å²) in [6, 6.07) is 12.3. The highest BCUT2D eigenvalue weighted by Gasteiger charge is 2.26. The van der Waals surface area contributed by atoms with Crippen molar-refractivity contribution in [1.29, 1.82) is 0 Å². The van der Waals surface area contributed by atoms with Crippen LogP contribution in [0.15, 0.2) is 59.6 Å². The quantitative estimate of drug-likeness (QED) is 0.442. The average molecular weight is 457 g/mol. The van der Waals surface area contributed by atoms with E-state index in [0.29, 0.717) is 43.1 Å². The number of aromatic nitrogens is 3. The van der Waals surface area contributed by atoms with Crippen LogP contribution in [0.2, 0.25) is 0 Å². The second-order valence-corrected chi connectivity index (χ2v) is 7.50. The molecule has 1 aromatic heterocycles. The number of nitro benzene ring substituents is 1. The van der Waals surface area contributed by atoms with E-state index in [1.165, 1.54) is 18.7 Å². The number of carbonyl (C=O) groups excluding carboxylic acids is 1. The van der Waals surface area contributed by atoms with Crippen LogP contribution >= 0.6 is 15.9 Å². The normalized spacial score (nSPS) is 14.1. The SMILES string of the molecule is O=C(c1cccc(Br)c1)N1CCN(c2ccc(-n3cnnc3)cc2[N+](=O)[O-])CC1. The molecule has 9 nitrogen and oxygen atoms in total. The van der Waals surface area contributed by atoms with E-state index in [4.69, 9.17) is 0 Å². The highest BCUT2D eigenvalue weighted by molar-refractivity contribution is 9.10. The number of halogens is 1. The summed E-state index contributed by atoms with van der Waals surface area (Å²) in [5, 5.41) is 19.1. The fourth-order valence-corrected chi connectivity index (χ4v) is 3.77. The van der Waals surface area contributed by atoms with E-state index in [2.05, 4.69) is 26.1 Å². The Hall–Kier alpha value is -3.27. The molecule has 4 rings (SSSR count). The maximum absolute atomic E-state index is 12.7. The van der Waals surface area contributed by atoms with E-state index in [-0.39, 0.29) is 16.5 Å². The molecule has 2 heterocycles. The minimum atomic E-state index is -0.387. The third kappa shape index (κ3) is 3.97. The molecule has 1 fully saturated rings. The van der Waals surface area contributed by atoms with Crippen LogP contribution in [0.25, 0.3) is 5.69 Å². The summed E-state index contributed by atoms with van der Waals surface area (Å²) in [4.78, 5) is 27.7. The molecular formula is C19H17BrN6O3. The Bertz CT molecular complexity index is 1050. The summed E-state index contributed by atoms with van der Waals surface area (Å²) < 4.78 is 2.47. The molecule has 1 amide bonds. The van der Waals surface area contributed by atoms with Crippen molar-refractivity contribution in [2.45, 2.75) is 0 Å². The molecule has 148 valence electrons. The molecule has 1 aliphatic heterocycles. The first-order valence-electron chi connectivity index (χ1n) is 8.96. The number of nitrogens with zero attached hydrogens (tertiary/aromatic N) is 6. The van der Waals surface area contributed by atoms with Gasteiger partial charge in [0.1, 0.15) is 18.3 Å². The Morgan fingerprint density at radius 3 is 2.41 bits per heavy atom. The van der Waals surface area contributed by atoms with Crippen molar-refractivity contribution in [3.05, 3.63) is 75.3 Å². The first-order chi connectivity index (χ1) is 14.0. The smallest absolute Gasteiger partial charge is 0.294 e. The van der Waals surface area contributed by atoms with Crippen LogP contribution in [0, 0.1) is 10.1 Å². The maximum Gasteiger partial charge on any atom is 0.294 e. The highest BCUT2D eigenvalue weighted by atomic mass is 79.9. The van der Waals surface area contributed by atoms with E-state index in [1.54, 1.807) is 33.7 Å². The third-order valence-corrected chi connectivity index (χ3v) is 5.34. The number of anilines is 1. The summed E-state index contributed by atoms with van der Waals surface area (Å²) in [5.74, 6) is -0.0385. The van der Waals surface area contributed by atoms with E-state index < -0.39 is 0 Å². The summed E-state index contributed by atoms with van der Waals surface area (Å²) >= 11 is 3.38. The predicted molar refractivity (Wildman–Crippen MR) is 110 cm³/mol. The lowest BCUT2D eigenvalue weighted by molar-refractivity contribution is -0.384. The van der Waals surface area contributed by atoms with Gasteiger partial charge in [0.05, 0.1) is 10.6 Å². The Morgan fingerprint density at radius 2 is 1.76 bits per heavy atom. The fraction of sp³-hybridized carbons (Fsp3) is 0.211. The van der Waals surface area contributed by atoms with Crippen molar-refractivity contribution in [3.8, 4) is 5.69 Å². The monoisotopic (exact) mass is 456 g/mol. The van der Waals surface area contributed by atoms with Crippen LogP contribution in [-0.4, -0.2) is 56.7 Å². The molecule has 0 aliphatic carbocycles. The molecule has 29 heavy (non-hydrogen) atoms. The summed E-state index contributed by atoms with van der Waals surface area (Å²) in [5.41, 5.74) is 1.80. The van der Waals surface area contributed by atoms with Crippen molar-refractivity contribution in [2.75, 3.05) is 31.1 Å². The Labute approximate surface area is 174 Å². The Kier molecular flexibility index (Phi) is 5.26. The number of hydrogen-bond acceptors (Lipinski definition) is 6. The lowest BCUT2D eigenvalue weighted by Gasteiger charge is -2.36. The number of amides is 1. The Balaban J connectivity index is 1.51. The molecule has 0 atom stereocenters. The van der Waals surface area contributed by atoms with Crippen LogP contribution in [-0.2, 0) is 0 Å². The highest BCUT2D eigenvalue weighted by Crippen LogP contribution is 2.31. The average Bonchev–Trinajstić information content (AvgIpc) is 3.28. The van der Waals surface area contributed by atoms with Gasteiger partial charge in [-0.1, -0.05) is 22.0 Å².